The van der Waals surface area contributed by atoms with Crippen molar-refractivity contribution in [2.75, 3.05) is 7.05 Å². The maximum atomic E-state index is 5.90. The molecule has 0 aromatic heterocycles. The number of hydrogen-bond donors (Lipinski definition) is 1. The van der Waals surface area contributed by atoms with E-state index < -0.39 is 0 Å². The monoisotopic (exact) mass is 223 g/mol. The van der Waals surface area contributed by atoms with Crippen LogP contribution in [0, 0.1) is 5.92 Å². The summed E-state index contributed by atoms with van der Waals surface area (Å²) in [7, 11) is 2.05. The maximum absolute atomic E-state index is 5.90. The number of halogens is 1. The summed E-state index contributed by atoms with van der Waals surface area (Å²) in [5, 5.41) is 4.26. The molecule has 2 rings (SSSR count). The Morgan fingerprint density at radius 1 is 1.20 bits per heavy atom. The van der Waals surface area contributed by atoms with Gasteiger partial charge in [0.25, 0.3) is 0 Å². The van der Waals surface area contributed by atoms with Crippen molar-refractivity contribution >= 4 is 11.6 Å². The zero-order valence-corrected chi connectivity index (χ0v) is 9.93. The average Bonchev–Trinajstić information content (AvgIpc) is 2.75. The SMILES string of the molecule is CN[C@@H](c1ccc(Cl)cc1)C1CCCC1. The molecule has 0 saturated heterocycles. The Morgan fingerprint density at radius 3 is 2.33 bits per heavy atom. The van der Waals surface area contributed by atoms with Crippen LogP contribution in [0.2, 0.25) is 5.02 Å². The first-order valence-electron chi connectivity index (χ1n) is 5.74. The van der Waals surface area contributed by atoms with E-state index in [0.29, 0.717) is 6.04 Å². The van der Waals surface area contributed by atoms with E-state index in [1.54, 1.807) is 0 Å². The van der Waals surface area contributed by atoms with Crippen molar-refractivity contribution in [1.82, 2.24) is 5.32 Å². The molecule has 1 aliphatic carbocycles. The average molecular weight is 224 g/mol. The Hall–Kier alpha value is -0.530. The van der Waals surface area contributed by atoms with Gasteiger partial charge in [0.2, 0.25) is 0 Å². The molecule has 1 saturated carbocycles. The van der Waals surface area contributed by atoms with Crippen molar-refractivity contribution in [1.29, 1.82) is 0 Å². The van der Waals surface area contributed by atoms with Crippen LogP contribution in [0.15, 0.2) is 24.3 Å². The van der Waals surface area contributed by atoms with Crippen LogP contribution in [0.25, 0.3) is 0 Å². The Morgan fingerprint density at radius 2 is 1.80 bits per heavy atom. The van der Waals surface area contributed by atoms with Crippen molar-refractivity contribution < 1.29 is 0 Å². The van der Waals surface area contributed by atoms with Crippen LogP contribution in [-0.4, -0.2) is 7.05 Å². The number of benzene rings is 1. The lowest BCUT2D eigenvalue weighted by Gasteiger charge is -2.23. The summed E-state index contributed by atoms with van der Waals surface area (Å²) in [4.78, 5) is 0. The molecule has 0 radical (unpaired) electrons. The minimum Gasteiger partial charge on any atom is -0.313 e. The van der Waals surface area contributed by atoms with Gasteiger partial charge in [-0.3, -0.25) is 0 Å². The summed E-state index contributed by atoms with van der Waals surface area (Å²) in [5.41, 5.74) is 1.37. The van der Waals surface area contributed by atoms with E-state index in [0.717, 1.165) is 10.9 Å². The van der Waals surface area contributed by atoms with Crippen molar-refractivity contribution in [2.45, 2.75) is 31.7 Å². The fraction of sp³-hybridized carbons (Fsp3) is 0.538. The highest BCUT2D eigenvalue weighted by Gasteiger charge is 2.24. The van der Waals surface area contributed by atoms with E-state index in [1.165, 1.54) is 31.2 Å². The smallest absolute Gasteiger partial charge is 0.0406 e. The first-order chi connectivity index (χ1) is 7.31. The van der Waals surface area contributed by atoms with Crippen molar-refractivity contribution in [3.63, 3.8) is 0 Å². The van der Waals surface area contributed by atoms with Crippen molar-refractivity contribution in [3.05, 3.63) is 34.9 Å². The van der Waals surface area contributed by atoms with E-state index in [9.17, 15) is 0 Å². The van der Waals surface area contributed by atoms with Gasteiger partial charge in [0.05, 0.1) is 0 Å². The molecule has 0 unspecified atom stereocenters. The van der Waals surface area contributed by atoms with Gasteiger partial charge in [0, 0.05) is 11.1 Å². The summed E-state index contributed by atoms with van der Waals surface area (Å²) in [6, 6.07) is 8.75. The standard InChI is InChI=1S/C13H18ClN/c1-15-13(10-4-2-3-5-10)11-6-8-12(14)9-7-11/h6-10,13,15H,2-5H2,1H3/t13-/m1/s1. The number of nitrogens with one attached hydrogen (secondary N) is 1. The summed E-state index contributed by atoms with van der Waals surface area (Å²) in [5.74, 6) is 0.802. The topological polar surface area (TPSA) is 12.0 Å². The van der Waals surface area contributed by atoms with Gasteiger partial charge >= 0.3 is 0 Å². The second-order valence-electron chi connectivity index (χ2n) is 4.36. The van der Waals surface area contributed by atoms with Gasteiger partial charge in [-0.1, -0.05) is 36.6 Å². The van der Waals surface area contributed by atoms with Gasteiger partial charge in [0.1, 0.15) is 0 Å². The maximum Gasteiger partial charge on any atom is 0.0406 e. The van der Waals surface area contributed by atoms with Crippen LogP contribution in [-0.2, 0) is 0 Å². The largest absolute Gasteiger partial charge is 0.313 e. The molecule has 1 nitrogen and oxygen atoms in total. The third-order valence-electron chi connectivity index (χ3n) is 3.41. The lowest BCUT2D eigenvalue weighted by atomic mass is 9.92. The van der Waals surface area contributed by atoms with Crippen molar-refractivity contribution in [3.8, 4) is 0 Å². The molecule has 1 N–H and O–H groups in total. The Balaban J connectivity index is 2.14. The van der Waals surface area contributed by atoms with Gasteiger partial charge in [-0.05, 0) is 43.5 Å². The fourth-order valence-corrected chi connectivity index (χ4v) is 2.76. The molecule has 0 bridgehead atoms. The summed E-state index contributed by atoms with van der Waals surface area (Å²) >= 11 is 5.90. The predicted molar refractivity (Wildman–Crippen MR) is 65.2 cm³/mol. The van der Waals surface area contributed by atoms with Gasteiger partial charge in [0.15, 0.2) is 0 Å². The Bertz CT molecular complexity index is 301. The van der Waals surface area contributed by atoms with E-state index in [4.69, 9.17) is 11.6 Å². The molecule has 1 aromatic rings. The summed E-state index contributed by atoms with van der Waals surface area (Å²) in [6.45, 7) is 0. The second-order valence-corrected chi connectivity index (χ2v) is 4.80. The first kappa shape index (κ1) is 11.0. The third kappa shape index (κ3) is 2.53. The van der Waals surface area contributed by atoms with E-state index in [1.807, 2.05) is 12.1 Å². The van der Waals surface area contributed by atoms with Gasteiger partial charge in [-0.2, -0.15) is 0 Å². The lowest BCUT2D eigenvalue weighted by Crippen LogP contribution is -2.23. The highest BCUT2D eigenvalue weighted by atomic mass is 35.5. The minimum atomic E-state index is 0.504. The highest BCUT2D eigenvalue weighted by Crippen LogP contribution is 2.35. The van der Waals surface area contributed by atoms with Crippen LogP contribution in [0.3, 0.4) is 0 Å². The predicted octanol–water partition coefficient (Wildman–Crippen LogP) is 3.79. The molecular weight excluding hydrogens is 206 g/mol. The van der Waals surface area contributed by atoms with Crippen LogP contribution in [0.1, 0.15) is 37.3 Å². The number of rotatable bonds is 3. The molecule has 0 aliphatic heterocycles. The van der Waals surface area contributed by atoms with Crippen LogP contribution < -0.4 is 5.32 Å². The van der Waals surface area contributed by atoms with Crippen molar-refractivity contribution in [2.24, 2.45) is 5.92 Å². The quantitative estimate of drug-likeness (QED) is 0.822. The molecular formula is C13H18ClN. The summed E-state index contributed by atoms with van der Waals surface area (Å²) < 4.78 is 0. The van der Waals surface area contributed by atoms with E-state index in [2.05, 4.69) is 24.5 Å². The Kier molecular flexibility index (Phi) is 3.66. The van der Waals surface area contributed by atoms with Crippen LogP contribution in [0.4, 0.5) is 0 Å². The zero-order chi connectivity index (χ0) is 10.7. The van der Waals surface area contributed by atoms with Crippen LogP contribution in [0.5, 0.6) is 0 Å². The molecule has 1 aromatic carbocycles. The summed E-state index contributed by atoms with van der Waals surface area (Å²) in [6.07, 6.45) is 5.48. The van der Waals surface area contributed by atoms with Gasteiger partial charge < -0.3 is 5.32 Å². The first-order valence-corrected chi connectivity index (χ1v) is 6.12. The third-order valence-corrected chi connectivity index (χ3v) is 3.66. The second kappa shape index (κ2) is 5.00. The molecule has 1 aliphatic rings. The van der Waals surface area contributed by atoms with Gasteiger partial charge in [-0.25, -0.2) is 0 Å². The Labute approximate surface area is 96.8 Å². The lowest BCUT2D eigenvalue weighted by molar-refractivity contribution is 0.390. The minimum absolute atomic E-state index is 0.504. The number of hydrogen-bond acceptors (Lipinski definition) is 1. The van der Waals surface area contributed by atoms with E-state index in [-0.39, 0.29) is 0 Å². The molecule has 0 heterocycles. The molecule has 2 heteroatoms. The molecule has 82 valence electrons. The normalized spacial score (nSPS) is 19.3. The molecule has 15 heavy (non-hydrogen) atoms. The van der Waals surface area contributed by atoms with E-state index >= 15 is 0 Å². The fourth-order valence-electron chi connectivity index (χ4n) is 2.64. The van der Waals surface area contributed by atoms with Gasteiger partial charge in [-0.15, -0.1) is 0 Å². The molecule has 0 spiro atoms. The molecule has 1 atom stereocenters. The molecule has 1 fully saturated rings. The van der Waals surface area contributed by atoms with Crippen LogP contribution >= 0.6 is 11.6 Å². The molecule has 0 amide bonds. The zero-order valence-electron chi connectivity index (χ0n) is 9.17. The highest BCUT2D eigenvalue weighted by molar-refractivity contribution is 6.30.